The van der Waals surface area contributed by atoms with Crippen LogP contribution in [0.4, 0.5) is 0 Å². The molecule has 0 saturated heterocycles. The molecule has 4 saturated carbocycles. The molecule has 8 rings (SSSR count). The second kappa shape index (κ2) is 5.76. The van der Waals surface area contributed by atoms with Crippen LogP contribution in [0.5, 0.6) is 0 Å². The maximum absolute atomic E-state index is 6.82. The molecule has 1 heteroatoms. The molecule has 3 aromatic carbocycles. The molecule has 5 aliphatic carbocycles. The van der Waals surface area contributed by atoms with Crippen molar-refractivity contribution in [3.63, 3.8) is 0 Å². The molecule has 0 heterocycles. The third-order valence-electron chi connectivity index (χ3n) is 8.70. The Labute approximate surface area is 177 Å². The minimum absolute atomic E-state index is 0.188. The van der Waals surface area contributed by atoms with Crippen LogP contribution < -0.4 is 0 Å². The number of hydrogen-bond donors (Lipinski definition) is 0. The quantitative estimate of drug-likeness (QED) is 0.394. The predicted octanol–water partition coefficient (Wildman–Crippen LogP) is 7.73. The average Bonchev–Trinajstić information content (AvgIpc) is 3.02. The lowest BCUT2D eigenvalue weighted by molar-refractivity contribution is -0.0399. The summed E-state index contributed by atoms with van der Waals surface area (Å²) in [6, 6.07) is 24.7. The summed E-state index contributed by atoms with van der Waals surface area (Å²) in [6.07, 6.45) is 7.13. The second-order valence-electron chi connectivity index (χ2n) is 9.96. The van der Waals surface area contributed by atoms with E-state index >= 15 is 0 Å². The topological polar surface area (TPSA) is 0 Å². The van der Waals surface area contributed by atoms with Gasteiger partial charge in [-0.15, -0.1) is 0 Å². The second-order valence-corrected chi connectivity index (χ2v) is 10.4. The summed E-state index contributed by atoms with van der Waals surface area (Å²) in [7, 11) is 0. The van der Waals surface area contributed by atoms with E-state index in [1.165, 1.54) is 54.4 Å². The van der Waals surface area contributed by atoms with Crippen LogP contribution in [-0.4, -0.2) is 0 Å². The van der Waals surface area contributed by atoms with E-state index in [9.17, 15) is 0 Å². The molecule has 29 heavy (non-hydrogen) atoms. The highest BCUT2D eigenvalue weighted by Crippen LogP contribution is 2.70. The lowest BCUT2D eigenvalue weighted by Crippen LogP contribution is -2.55. The number of hydrogen-bond acceptors (Lipinski definition) is 0. The van der Waals surface area contributed by atoms with Crippen LogP contribution in [0.1, 0.15) is 43.2 Å². The number of halogens is 1. The Morgan fingerprint density at radius 1 is 0.655 bits per heavy atom. The molecule has 0 N–H and O–H groups in total. The molecular weight excluding hydrogens is 372 g/mol. The Kier molecular flexibility index (Phi) is 3.32. The van der Waals surface area contributed by atoms with Gasteiger partial charge in [-0.25, -0.2) is 0 Å². The fourth-order valence-corrected chi connectivity index (χ4v) is 8.30. The third kappa shape index (κ3) is 2.06. The van der Waals surface area contributed by atoms with Crippen molar-refractivity contribution < 1.29 is 0 Å². The zero-order valence-corrected chi connectivity index (χ0v) is 17.3. The minimum atomic E-state index is 0.188. The average molecular weight is 397 g/mol. The van der Waals surface area contributed by atoms with Crippen molar-refractivity contribution in [2.45, 2.75) is 37.5 Å². The SMILES string of the molecule is Clc1cc(-c2ccccc2)c2c(c1)C1(c3ccccc3-2)C2CC3CC(C2)CC1C3. The van der Waals surface area contributed by atoms with Gasteiger partial charge < -0.3 is 0 Å². The number of rotatable bonds is 1. The van der Waals surface area contributed by atoms with E-state index < -0.39 is 0 Å². The van der Waals surface area contributed by atoms with E-state index in [2.05, 4.69) is 66.7 Å². The van der Waals surface area contributed by atoms with Gasteiger partial charge >= 0.3 is 0 Å². The van der Waals surface area contributed by atoms with E-state index in [1.54, 1.807) is 11.1 Å². The van der Waals surface area contributed by atoms with Crippen LogP contribution in [0.2, 0.25) is 5.02 Å². The van der Waals surface area contributed by atoms with E-state index in [0.717, 1.165) is 28.7 Å². The highest BCUT2D eigenvalue weighted by atomic mass is 35.5. The first-order valence-corrected chi connectivity index (χ1v) is 11.6. The summed E-state index contributed by atoms with van der Waals surface area (Å²) in [6.45, 7) is 0. The van der Waals surface area contributed by atoms with Gasteiger partial charge in [0.15, 0.2) is 0 Å². The highest BCUT2D eigenvalue weighted by molar-refractivity contribution is 6.31. The van der Waals surface area contributed by atoms with Crippen molar-refractivity contribution >= 4 is 11.6 Å². The van der Waals surface area contributed by atoms with Crippen LogP contribution in [0.15, 0.2) is 66.7 Å². The van der Waals surface area contributed by atoms with Gasteiger partial charge in [0.05, 0.1) is 0 Å². The summed E-state index contributed by atoms with van der Waals surface area (Å²) in [5, 5.41) is 0.892. The summed E-state index contributed by atoms with van der Waals surface area (Å²) in [4.78, 5) is 0. The lowest BCUT2D eigenvalue weighted by atomic mass is 9.43. The van der Waals surface area contributed by atoms with Crippen LogP contribution >= 0.6 is 11.6 Å². The van der Waals surface area contributed by atoms with Crippen molar-refractivity contribution in [1.82, 2.24) is 0 Å². The van der Waals surface area contributed by atoms with Crippen molar-refractivity contribution in [3.8, 4) is 22.3 Å². The highest BCUT2D eigenvalue weighted by Gasteiger charge is 2.61. The van der Waals surface area contributed by atoms with Gasteiger partial charge in [-0.1, -0.05) is 66.2 Å². The van der Waals surface area contributed by atoms with Crippen molar-refractivity contribution in [2.75, 3.05) is 0 Å². The molecule has 0 aliphatic heterocycles. The zero-order chi connectivity index (χ0) is 19.2. The Balaban J connectivity index is 1.57. The van der Waals surface area contributed by atoms with Gasteiger partial charge in [0.2, 0.25) is 0 Å². The molecule has 0 amide bonds. The van der Waals surface area contributed by atoms with Crippen molar-refractivity contribution in [2.24, 2.45) is 23.7 Å². The van der Waals surface area contributed by atoms with Crippen molar-refractivity contribution in [1.29, 1.82) is 0 Å². The first-order chi connectivity index (χ1) is 14.2. The van der Waals surface area contributed by atoms with Crippen LogP contribution in [0.25, 0.3) is 22.3 Å². The first-order valence-electron chi connectivity index (χ1n) is 11.2. The Morgan fingerprint density at radius 2 is 1.31 bits per heavy atom. The van der Waals surface area contributed by atoms with Gasteiger partial charge in [-0.05, 0) is 101 Å². The molecule has 0 aromatic heterocycles. The molecule has 0 nitrogen and oxygen atoms in total. The molecular formula is C28H25Cl. The zero-order valence-electron chi connectivity index (χ0n) is 16.6. The Hall–Kier alpha value is -2.05. The van der Waals surface area contributed by atoms with Gasteiger partial charge in [-0.2, -0.15) is 0 Å². The van der Waals surface area contributed by atoms with Crippen LogP contribution in [0, 0.1) is 23.7 Å². The fraction of sp³-hybridized carbons (Fsp3) is 0.357. The molecule has 3 aromatic rings. The van der Waals surface area contributed by atoms with Gasteiger partial charge in [-0.3, -0.25) is 0 Å². The first kappa shape index (κ1) is 16.7. The van der Waals surface area contributed by atoms with Crippen LogP contribution in [0.3, 0.4) is 0 Å². The van der Waals surface area contributed by atoms with E-state index in [1.807, 2.05) is 0 Å². The van der Waals surface area contributed by atoms with Gasteiger partial charge in [0, 0.05) is 10.4 Å². The Bertz CT molecular complexity index is 1100. The van der Waals surface area contributed by atoms with E-state index in [4.69, 9.17) is 11.6 Å². The lowest BCUT2D eigenvalue weighted by Gasteiger charge is -2.61. The summed E-state index contributed by atoms with van der Waals surface area (Å²) in [5.74, 6) is 3.49. The summed E-state index contributed by atoms with van der Waals surface area (Å²) >= 11 is 6.82. The maximum atomic E-state index is 6.82. The monoisotopic (exact) mass is 396 g/mol. The molecule has 4 bridgehead atoms. The standard InChI is InChI=1S/C28H25Cl/c29-22-15-24(19-6-2-1-3-7-19)27-23-8-4-5-9-25(23)28(26(27)16-22)20-11-17-10-18(13-20)14-21(28)12-17/h1-9,15-18,20-21H,10-14H2. The normalized spacial score (nSPS) is 33.1. The maximum Gasteiger partial charge on any atom is 0.0415 e. The largest absolute Gasteiger partial charge is 0.0843 e. The molecule has 144 valence electrons. The molecule has 0 atom stereocenters. The Morgan fingerprint density at radius 3 is 2.03 bits per heavy atom. The number of fused-ring (bicyclic) bond motifs is 3. The molecule has 0 radical (unpaired) electrons. The third-order valence-corrected chi connectivity index (χ3v) is 8.92. The van der Waals surface area contributed by atoms with Gasteiger partial charge in [0.25, 0.3) is 0 Å². The van der Waals surface area contributed by atoms with Crippen molar-refractivity contribution in [3.05, 3.63) is 82.9 Å². The van der Waals surface area contributed by atoms with E-state index in [0.29, 0.717) is 0 Å². The fourth-order valence-electron chi connectivity index (χ4n) is 8.08. The van der Waals surface area contributed by atoms with Gasteiger partial charge in [0.1, 0.15) is 0 Å². The summed E-state index contributed by atoms with van der Waals surface area (Å²) < 4.78 is 0. The smallest absolute Gasteiger partial charge is 0.0415 e. The molecule has 0 unspecified atom stereocenters. The predicted molar refractivity (Wildman–Crippen MR) is 120 cm³/mol. The molecule has 5 aliphatic rings. The minimum Gasteiger partial charge on any atom is -0.0843 e. The summed E-state index contributed by atoms with van der Waals surface area (Å²) in [5.41, 5.74) is 8.85. The van der Waals surface area contributed by atoms with E-state index in [-0.39, 0.29) is 5.41 Å². The van der Waals surface area contributed by atoms with Crippen LogP contribution in [-0.2, 0) is 5.41 Å². The molecule has 4 fully saturated rings. The molecule has 1 spiro atoms. The number of benzene rings is 3.